The molecule has 0 radical (unpaired) electrons. The summed E-state index contributed by atoms with van der Waals surface area (Å²) in [5.74, 6) is 0.267. The number of benzene rings is 1. The quantitative estimate of drug-likeness (QED) is 0.698. The Balaban J connectivity index is 2.26. The highest BCUT2D eigenvalue weighted by molar-refractivity contribution is 9.10. The van der Waals surface area contributed by atoms with Crippen LogP contribution in [0.3, 0.4) is 0 Å². The fourth-order valence-electron chi connectivity index (χ4n) is 1.84. The van der Waals surface area contributed by atoms with Crippen molar-refractivity contribution in [2.24, 2.45) is 0 Å². The first kappa shape index (κ1) is 12.7. The smallest absolute Gasteiger partial charge is 0.230 e. The molecule has 0 fully saturated rings. The van der Waals surface area contributed by atoms with E-state index in [-0.39, 0.29) is 5.88 Å². The van der Waals surface area contributed by atoms with E-state index in [0.29, 0.717) is 10.7 Å². The summed E-state index contributed by atoms with van der Waals surface area (Å²) < 4.78 is 6.10. The Morgan fingerprint density at radius 2 is 2.05 bits per heavy atom. The van der Waals surface area contributed by atoms with Gasteiger partial charge in [-0.15, -0.1) is 11.3 Å². The summed E-state index contributed by atoms with van der Waals surface area (Å²) in [6.07, 6.45) is 0. The molecule has 0 amide bonds. The maximum absolute atomic E-state index is 6.23. The molecule has 0 bridgehead atoms. The van der Waals surface area contributed by atoms with Crippen molar-refractivity contribution in [3.63, 3.8) is 0 Å². The molecular formula is C13H8BrClN2OS. The van der Waals surface area contributed by atoms with Gasteiger partial charge in [-0.1, -0.05) is 35.0 Å². The summed E-state index contributed by atoms with van der Waals surface area (Å²) >= 11 is 11.3. The number of anilines is 1. The van der Waals surface area contributed by atoms with Crippen molar-refractivity contribution >= 4 is 44.8 Å². The number of halogens is 2. The number of rotatable bonds is 2. The molecule has 3 aromatic rings. The Hall–Kier alpha value is -1.30. The average Bonchev–Trinajstić information content (AvgIpc) is 2.96. The number of nitrogens with two attached hydrogens (primary N) is 1. The Morgan fingerprint density at radius 3 is 2.74 bits per heavy atom. The molecule has 6 heteroatoms. The highest BCUT2D eigenvalue weighted by Gasteiger charge is 2.21. The van der Waals surface area contributed by atoms with Crippen molar-refractivity contribution in [1.29, 1.82) is 0 Å². The van der Waals surface area contributed by atoms with E-state index in [9.17, 15) is 0 Å². The Labute approximate surface area is 127 Å². The van der Waals surface area contributed by atoms with Crippen molar-refractivity contribution < 1.29 is 4.52 Å². The molecule has 0 saturated carbocycles. The molecule has 2 aromatic heterocycles. The first-order valence-electron chi connectivity index (χ1n) is 5.42. The van der Waals surface area contributed by atoms with Crippen LogP contribution in [0.1, 0.15) is 0 Å². The van der Waals surface area contributed by atoms with E-state index in [0.717, 1.165) is 20.5 Å². The summed E-state index contributed by atoms with van der Waals surface area (Å²) in [7, 11) is 0. The normalized spacial score (nSPS) is 10.8. The van der Waals surface area contributed by atoms with Crippen LogP contribution >= 0.6 is 38.9 Å². The Morgan fingerprint density at radius 1 is 1.26 bits per heavy atom. The van der Waals surface area contributed by atoms with Gasteiger partial charge in [0.25, 0.3) is 0 Å². The molecule has 0 aliphatic heterocycles. The van der Waals surface area contributed by atoms with Crippen LogP contribution in [0.5, 0.6) is 0 Å². The predicted molar refractivity (Wildman–Crippen MR) is 82.4 cm³/mol. The van der Waals surface area contributed by atoms with E-state index < -0.39 is 0 Å². The summed E-state index contributed by atoms with van der Waals surface area (Å²) in [6, 6.07) is 9.45. The molecule has 0 saturated heterocycles. The monoisotopic (exact) mass is 354 g/mol. The number of nitrogens with zero attached hydrogens (tertiary/aromatic N) is 1. The molecule has 0 aliphatic carbocycles. The van der Waals surface area contributed by atoms with Crippen molar-refractivity contribution in [3.8, 4) is 21.7 Å². The Kier molecular flexibility index (Phi) is 3.35. The lowest BCUT2D eigenvalue weighted by molar-refractivity contribution is 0.439. The second-order valence-corrected chi connectivity index (χ2v) is 6.03. The van der Waals surface area contributed by atoms with Gasteiger partial charge in [0.2, 0.25) is 5.88 Å². The Bertz CT molecular complexity index is 738. The molecule has 0 aliphatic rings. The first-order chi connectivity index (χ1) is 9.18. The zero-order chi connectivity index (χ0) is 13.4. The minimum absolute atomic E-state index is 0.267. The van der Waals surface area contributed by atoms with E-state index in [1.807, 2.05) is 35.7 Å². The lowest BCUT2D eigenvalue weighted by Crippen LogP contribution is -1.87. The highest BCUT2D eigenvalue weighted by atomic mass is 79.9. The molecule has 1 aromatic carbocycles. The number of aromatic nitrogens is 1. The third-order valence-corrected chi connectivity index (χ3v) is 4.87. The van der Waals surface area contributed by atoms with Crippen molar-refractivity contribution in [1.82, 2.24) is 5.16 Å². The number of nitrogen functional groups attached to an aromatic ring is 1. The predicted octanol–water partition coefficient (Wildman–Crippen LogP) is 5.07. The van der Waals surface area contributed by atoms with Gasteiger partial charge in [0.05, 0.1) is 10.4 Å². The van der Waals surface area contributed by atoms with Gasteiger partial charge in [0.15, 0.2) is 0 Å². The topological polar surface area (TPSA) is 52.0 Å². The van der Waals surface area contributed by atoms with Crippen LogP contribution in [0.25, 0.3) is 21.7 Å². The van der Waals surface area contributed by atoms with Crippen LogP contribution in [0.15, 0.2) is 44.7 Å². The minimum Gasteiger partial charge on any atom is -0.367 e. The van der Waals surface area contributed by atoms with Crippen LogP contribution in [0, 0.1) is 0 Å². The fraction of sp³-hybridized carbons (Fsp3) is 0. The van der Waals surface area contributed by atoms with Crippen LogP contribution in [0.2, 0.25) is 5.02 Å². The molecule has 3 rings (SSSR count). The molecule has 19 heavy (non-hydrogen) atoms. The van der Waals surface area contributed by atoms with Crippen molar-refractivity contribution in [3.05, 3.63) is 45.2 Å². The van der Waals surface area contributed by atoms with Crippen LogP contribution in [-0.2, 0) is 0 Å². The molecule has 0 unspecified atom stereocenters. The minimum atomic E-state index is 0.267. The molecule has 3 nitrogen and oxygen atoms in total. The van der Waals surface area contributed by atoms with Gasteiger partial charge >= 0.3 is 0 Å². The second kappa shape index (κ2) is 5.00. The van der Waals surface area contributed by atoms with Gasteiger partial charge in [0, 0.05) is 15.1 Å². The summed E-state index contributed by atoms with van der Waals surface area (Å²) in [5.41, 5.74) is 8.15. The SMILES string of the molecule is Nc1onc(-c2sccc2Br)c1-c1ccccc1Cl. The van der Waals surface area contributed by atoms with Crippen LogP contribution in [0.4, 0.5) is 5.88 Å². The average molecular weight is 356 g/mol. The third-order valence-electron chi connectivity index (χ3n) is 2.69. The second-order valence-electron chi connectivity index (χ2n) is 3.85. The lowest BCUT2D eigenvalue weighted by Gasteiger charge is -2.04. The molecule has 0 spiro atoms. The number of thiophene rings is 1. The van der Waals surface area contributed by atoms with E-state index in [1.165, 1.54) is 0 Å². The van der Waals surface area contributed by atoms with E-state index in [1.54, 1.807) is 11.3 Å². The molecule has 2 N–H and O–H groups in total. The summed E-state index contributed by atoms with van der Waals surface area (Å²) in [6.45, 7) is 0. The molecule has 2 heterocycles. The van der Waals surface area contributed by atoms with Gasteiger partial charge in [-0.05, 0) is 33.4 Å². The van der Waals surface area contributed by atoms with Crippen LogP contribution < -0.4 is 5.73 Å². The molecule has 0 atom stereocenters. The number of hydrogen-bond acceptors (Lipinski definition) is 4. The zero-order valence-corrected chi connectivity index (χ0v) is 12.7. The molecular weight excluding hydrogens is 348 g/mol. The third kappa shape index (κ3) is 2.18. The van der Waals surface area contributed by atoms with E-state index >= 15 is 0 Å². The maximum Gasteiger partial charge on any atom is 0.230 e. The van der Waals surface area contributed by atoms with Crippen molar-refractivity contribution in [2.75, 3.05) is 5.73 Å². The highest BCUT2D eigenvalue weighted by Crippen LogP contribution is 2.43. The largest absolute Gasteiger partial charge is 0.367 e. The maximum atomic E-state index is 6.23. The summed E-state index contributed by atoms with van der Waals surface area (Å²) in [4.78, 5) is 0.968. The van der Waals surface area contributed by atoms with Gasteiger partial charge in [-0.25, -0.2) is 0 Å². The molecule has 96 valence electrons. The first-order valence-corrected chi connectivity index (χ1v) is 7.47. The lowest BCUT2D eigenvalue weighted by atomic mass is 10.0. The number of hydrogen-bond donors (Lipinski definition) is 1. The summed E-state index contributed by atoms with van der Waals surface area (Å²) in [5, 5.41) is 6.65. The van der Waals surface area contributed by atoms with E-state index in [4.69, 9.17) is 21.9 Å². The van der Waals surface area contributed by atoms with Gasteiger partial charge in [-0.2, -0.15) is 0 Å². The standard InChI is InChI=1S/C13H8BrClN2OS/c14-8-5-6-19-12(8)11-10(13(16)18-17-11)7-3-1-2-4-9(7)15/h1-6H,16H2. The fourth-order valence-corrected chi connectivity index (χ4v) is 3.62. The van der Waals surface area contributed by atoms with Crippen LogP contribution in [-0.4, -0.2) is 5.16 Å². The van der Waals surface area contributed by atoms with Gasteiger partial charge in [0.1, 0.15) is 5.69 Å². The van der Waals surface area contributed by atoms with Gasteiger partial charge < -0.3 is 10.3 Å². The van der Waals surface area contributed by atoms with E-state index in [2.05, 4.69) is 21.1 Å². The zero-order valence-electron chi connectivity index (χ0n) is 9.56. The van der Waals surface area contributed by atoms with Gasteiger partial charge in [-0.3, -0.25) is 0 Å². The van der Waals surface area contributed by atoms with Crippen molar-refractivity contribution in [2.45, 2.75) is 0 Å².